The summed E-state index contributed by atoms with van der Waals surface area (Å²) in [6.45, 7) is 4.00. The van der Waals surface area contributed by atoms with E-state index in [4.69, 9.17) is 0 Å². The van der Waals surface area contributed by atoms with Crippen LogP contribution in [-0.4, -0.2) is 21.1 Å². The zero-order valence-corrected chi connectivity index (χ0v) is 14.5. The molecule has 1 aromatic carbocycles. The molecule has 0 aliphatic carbocycles. The Morgan fingerprint density at radius 3 is 2.76 bits per heavy atom. The van der Waals surface area contributed by atoms with Crippen molar-refractivity contribution in [2.75, 3.05) is 5.32 Å². The van der Waals surface area contributed by atoms with E-state index in [1.165, 1.54) is 17.4 Å². The molecular weight excluding hydrogens is 346 g/mol. The summed E-state index contributed by atoms with van der Waals surface area (Å²) in [5.41, 5.74) is 1.80. The van der Waals surface area contributed by atoms with Crippen LogP contribution in [0.2, 0.25) is 0 Å². The van der Waals surface area contributed by atoms with Crippen LogP contribution in [0.25, 0.3) is 0 Å². The molecule has 130 valence electrons. The molecule has 0 saturated heterocycles. The van der Waals surface area contributed by atoms with Crippen LogP contribution >= 0.6 is 11.3 Å². The summed E-state index contributed by atoms with van der Waals surface area (Å²) in [6, 6.07) is 5.48. The first-order chi connectivity index (χ1) is 11.9. The third kappa shape index (κ3) is 4.08. The van der Waals surface area contributed by atoms with E-state index < -0.39 is 11.6 Å². The topological polar surface area (TPSA) is 70.7 Å². The Balaban J connectivity index is 1.66. The highest BCUT2D eigenvalue weighted by atomic mass is 32.1. The minimum Gasteiger partial charge on any atom is -0.296 e. The van der Waals surface area contributed by atoms with Crippen molar-refractivity contribution in [3.05, 3.63) is 63.9 Å². The van der Waals surface area contributed by atoms with Gasteiger partial charge in [0.2, 0.25) is 0 Å². The molecule has 3 aromatic rings. The fraction of sp³-hybridized carbons (Fsp3) is 0.235. The Kier molecular flexibility index (Phi) is 4.89. The molecule has 2 N–H and O–H groups in total. The standard InChI is InChI=1S/C17H16F2N4OS/c1-9(2)14-7-15(23-22-14)16(24)21-17-20-8-11(25-17)5-10-3-4-12(18)13(19)6-10/h3-4,6-9H,5H2,1-2H3,(H,22,23)(H,20,21,24). The Morgan fingerprint density at radius 1 is 1.28 bits per heavy atom. The van der Waals surface area contributed by atoms with Crippen LogP contribution in [0.15, 0.2) is 30.5 Å². The molecule has 2 heterocycles. The van der Waals surface area contributed by atoms with Gasteiger partial charge >= 0.3 is 0 Å². The first kappa shape index (κ1) is 17.2. The van der Waals surface area contributed by atoms with Crippen molar-refractivity contribution in [3.63, 3.8) is 0 Å². The molecule has 5 nitrogen and oxygen atoms in total. The second-order valence-electron chi connectivity index (χ2n) is 5.87. The summed E-state index contributed by atoms with van der Waals surface area (Å²) in [6.07, 6.45) is 2.01. The van der Waals surface area contributed by atoms with E-state index in [1.54, 1.807) is 12.3 Å². The Bertz CT molecular complexity index is 904. The summed E-state index contributed by atoms with van der Waals surface area (Å²) in [7, 11) is 0. The number of thiazole rings is 1. The van der Waals surface area contributed by atoms with E-state index in [0.717, 1.165) is 22.7 Å². The number of carbonyl (C=O) groups is 1. The van der Waals surface area contributed by atoms with Crippen molar-refractivity contribution >= 4 is 22.4 Å². The molecule has 0 saturated carbocycles. The number of hydrogen-bond acceptors (Lipinski definition) is 4. The lowest BCUT2D eigenvalue weighted by Gasteiger charge is -2.00. The zero-order chi connectivity index (χ0) is 18.0. The van der Waals surface area contributed by atoms with Gasteiger partial charge in [0.15, 0.2) is 22.5 Å². The number of nitrogens with zero attached hydrogens (tertiary/aromatic N) is 2. The molecule has 3 rings (SSSR count). The number of aromatic amines is 1. The minimum atomic E-state index is -0.880. The van der Waals surface area contributed by atoms with Crippen LogP contribution in [0.4, 0.5) is 13.9 Å². The van der Waals surface area contributed by atoms with Gasteiger partial charge in [-0.3, -0.25) is 15.2 Å². The average Bonchev–Trinajstić information content (AvgIpc) is 3.20. The number of rotatable bonds is 5. The van der Waals surface area contributed by atoms with Gasteiger partial charge in [0.25, 0.3) is 5.91 Å². The lowest BCUT2D eigenvalue weighted by Crippen LogP contribution is -2.11. The Labute approximate surface area is 147 Å². The van der Waals surface area contributed by atoms with Gasteiger partial charge in [0, 0.05) is 23.2 Å². The molecule has 1 amide bonds. The fourth-order valence-corrected chi connectivity index (χ4v) is 3.05. The van der Waals surface area contributed by atoms with Gasteiger partial charge < -0.3 is 0 Å². The van der Waals surface area contributed by atoms with Gasteiger partial charge in [-0.2, -0.15) is 5.10 Å². The van der Waals surface area contributed by atoms with E-state index in [2.05, 4.69) is 20.5 Å². The summed E-state index contributed by atoms with van der Waals surface area (Å²) < 4.78 is 26.2. The largest absolute Gasteiger partial charge is 0.296 e. The van der Waals surface area contributed by atoms with Gasteiger partial charge in [-0.25, -0.2) is 13.8 Å². The van der Waals surface area contributed by atoms with E-state index in [-0.39, 0.29) is 11.8 Å². The summed E-state index contributed by atoms with van der Waals surface area (Å²) in [4.78, 5) is 17.1. The third-order valence-corrected chi connectivity index (χ3v) is 4.50. The molecule has 0 fully saturated rings. The summed E-state index contributed by atoms with van der Waals surface area (Å²) >= 11 is 1.28. The van der Waals surface area contributed by atoms with Crippen molar-refractivity contribution in [2.24, 2.45) is 0 Å². The molecule has 0 atom stereocenters. The van der Waals surface area contributed by atoms with Gasteiger partial charge in [0.05, 0.1) is 0 Å². The van der Waals surface area contributed by atoms with Crippen LogP contribution in [0.1, 0.15) is 46.4 Å². The lowest BCUT2D eigenvalue weighted by molar-refractivity contribution is 0.102. The number of anilines is 1. The highest BCUT2D eigenvalue weighted by Gasteiger charge is 2.14. The van der Waals surface area contributed by atoms with Crippen molar-refractivity contribution in [2.45, 2.75) is 26.2 Å². The van der Waals surface area contributed by atoms with Crippen LogP contribution < -0.4 is 5.32 Å². The molecule has 0 radical (unpaired) electrons. The second kappa shape index (κ2) is 7.10. The maximum Gasteiger partial charge on any atom is 0.277 e. The number of halogens is 2. The van der Waals surface area contributed by atoms with E-state index in [1.807, 2.05) is 13.8 Å². The van der Waals surface area contributed by atoms with E-state index >= 15 is 0 Å². The summed E-state index contributed by atoms with van der Waals surface area (Å²) in [5, 5.41) is 9.93. The van der Waals surface area contributed by atoms with Gasteiger partial charge in [-0.05, 0) is 29.7 Å². The molecule has 0 unspecified atom stereocenters. The molecule has 2 aromatic heterocycles. The molecular formula is C17H16F2N4OS. The predicted octanol–water partition coefficient (Wildman–Crippen LogP) is 4.11. The molecule has 0 spiro atoms. The van der Waals surface area contributed by atoms with Crippen LogP contribution in [-0.2, 0) is 6.42 Å². The number of aromatic nitrogens is 3. The van der Waals surface area contributed by atoms with Crippen LogP contribution in [0, 0.1) is 11.6 Å². The first-order valence-corrected chi connectivity index (χ1v) is 8.49. The van der Waals surface area contributed by atoms with Gasteiger partial charge in [-0.15, -0.1) is 11.3 Å². The van der Waals surface area contributed by atoms with E-state index in [9.17, 15) is 13.6 Å². The number of amides is 1. The fourth-order valence-electron chi connectivity index (χ4n) is 2.21. The number of H-pyrrole nitrogens is 1. The quantitative estimate of drug-likeness (QED) is 0.717. The highest BCUT2D eigenvalue weighted by Crippen LogP contribution is 2.22. The molecule has 0 aliphatic heterocycles. The Morgan fingerprint density at radius 2 is 2.08 bits per heavy atom. The number of nitrogens with one attached hydrogen (secondary N) is 2. The van der Waals surface area contributed by atoms with Gasteiger partial charge in [-0.1, -0.05) is 19.9 Å². The summed E-state index contributed by atoms with van der Waals surface area (Å²) in [5.74, 6) is -1.86. The van der Waals surface area contributed by atoms with Crippen molar-refractivity contribution < 1.29 is 13.6 Å². The molecule has 25 heavy (non-hydrogen) atoms. The van der Waals surface area contributed by atoms with Gasteiger partial charge in [0.1, 0.15) is 0 Å². The number of benzene rings is 1. The second-order valence-corrected chi connectivity index (χ2v) is 6.99. The lowest BCUT2D eigenvalue weighted by atomic mass is 10.1. The zero-order valence-electron chi connectivity index (χ0n) is 13.6. The average molecular weight is 362 g/mol. The minimum absolute atomic E-state index is 0.247. The number of carbonyl (C=O) groups excluding carboxylic acids is 1. The predicted molar refractivity (Wildman–Crippen MR) is 91.9 cm³/mol. The molecule has 0 aliphatic rings. The van der Waals surface area contributed by atoms with Crippen LogP contribution in [0.5, 0.6) is 0 Å². The van der Waals surface area contributed by atoms with Crippen LogP contribution in [0.3, 0.4) is 0 Å². The third-order valence-electron chi connectivity index (χ3n) is 3.59. The molecule has 8 heteroatoms. The SMILES string of the molecule is CC(C)c1cc(C(=O)Nc2ncc(Cc3ccc(F)c(F)c3)s2)n[nH]1. The maximum absolute atomic E-state index is 13.3. The highest BCUT2D eigenvalue weighted by molar-refractivity contribution is 7.15. The van der Waals surface area contributed by atoms with E-state index in [0.29, 0.717) is 22.8 Å². The normalized spacial score (nSPS) is 11.1. The van der Waals surface area contributed by atoms with Crippen molar-refractivity contribution in [3.8, 4) is 0 Å². The monoisotopic (exact) mass is 362 g/mol. The Hall–Kier alpha value is -2.61. The smallest absolute Gasteiger partial charge is 0.277 e. The van der Waals surface area contributed by atoms with Crippen molar-refractivity contribution in [1.82, 2.24) is 15.2 Å². The first-order valence-electron chi connectivity index (χ1n) is 7.67. The van der Waals surface area contributed by atoms with Crippen molar-refractivity contribution in [1.29, 1.82) is 0 Å². The molecule has 0 bridgehead atoms. The number of hydrogen-bond donors (Lipinski definition) is 2. The maximum atomic E-state index is 13.3.